The highest BCUT2D eigenvalue weighted by Gasteiger charge is 2.11. The number of nitrogens with two attached hydrogens (primary N) is 1. The third-order valence-electron chi connectivity index (χ3n) is 2.62. The number of rotatable bonds is 4. The number of halogens is 1. The number of carbonyl (C=O) groups excluding carboxylic acids is 2. The van der Waals surface area contributed by atoms with Gasteiger partial charge in [-0.2, -0.15) is 4.39 Å². The van der Waals surface area contributed by atoms with Crippen molar-refractivity contribution in [3.63, 3.8) is 0 Å². The Morgan fingerprint density at radius 1 is 1.25 bits per heavy atom. The molecular formula is C14H12FN3O2. The number of amides is 2. The molecular weight excluding hydrogens is 261 g/mol. The SMILES string of the molecule is NC(=O)Cc1ccccc1NC(=O)c1ccnc(F)c1. The van der Waals surface area contributed by atoms with E-state index in [1.807, 2.05) is 0 Å². The Labute approximate surface area is 114 Å². The van der Waals surface area contributed by atoms with E-state index in [2.05, 4.69) is 10.3 Å². The van der Waals surface area contributed by atoms with Crippen LogP contribution >= 0.6 is 0 Å². The van der Waals surface area contributed by atoms with Gasteiger partial charge in [0.05, 0.1) is 6.42 Å². The first-order valence-corrected chi connectivity index (χ1v) is 5.85. The third kappa shape index (κ3) is 3.38. The number of carbonyl (C=O) groups is 2. The molecule has 2 aromatic rings. The summed E-state index contributed by atoms with van der Waals surface area (Å²) < 4.78 is 13.0. The molecule has 0 bridgehead atoms. The van der Waals surface area contributed by atoms with E-state index in [-0.39, 0.29) is 12.0 Å². The Morgan fingerprint density at radius 2 is 2.00 bits per heavy atom. The fraction of sp³-hybridized carbons (Fsp3) is 0.0714. The van der Waals surface area contributed by atoms with Crippen molar-refractivity contribution >= 4 is 17.5 Å². The smallest absolute Gasteiger partial charge is 0.255 e. The first kappa shape index (κ1) is 13.7. The minimum Gasteiger partial charge on any atom is -0.369 e. The Bertz CT molecular complexity index is 658. The van der Waals surface area contributed by atoms with Gasteiger partial charge in [0.1, 0.15) is 0 Å². The van der Waals surface area contributed by atoms with Gasteiger partial charge in [0.15, 0.2) is 0 Å². The number of para-hydroxylation sites is 1. The zero-order chi connectivity index (χ0) is 14.5. The van der Waals surface area contributed by atoms with Crippen LogP contribution in [0.1, 0.15) is 15.9 Å². The number of anilines is 1. The van der Waals surface area contributed by atoms with Crippen molar-refractivity contribution in [3.05, 3.63) is 59.7 Å². The molecule has 1 aromatic carbocycles. The lowest BCUT2D eigenvalue weighted by atomic mass is 10.1. The van der Waals surface area contributed by atoms with E-state index in [0.29, 0.717) is 11.3 Å². The summed E-state index contributed by atoms with van der Waals surface area (Å²) >= 11 is 0. The average Bonchev–Trinajstić information content (AvgIpc) is 2.40. The Morgan fingerprint density at radius 3 is 2.70 bits per heavy atom. The number of nitrogens with one attached hydrogen (secondary N) is 1. The summed E-state index contributed by atoms with van der Waals surface area (Å²) in [6, 6.07) is 9.22. The van der Waals surface area contributed by atoms with Gasteiger partial charge in [0, 0.05) is 23.5 Å². The number of benzene rings is 1. The summed E-state index contributed by atoms with van der Waals surface area (Å²) in [5.41, 5.74) is 6.36. The predicted molar refractivity (Wildman–Crippen MR) is 71.5 cm³/mol. The van der Waals surface area contributed by atoms with Crippen LogP contribution in [0.3, 0.4) is 0 Å². The number of pyridine rings is 1. The first-order chi connectivity index (χ1) is 9.56. The lowest BCUT2D eigenvalue weighted by Crippen LogP contribution is -2.17. The molecule has 102 valence electrons. The second-order valence-electron chi connectivity index (χ2n) is 4.12. The summed E-state index contributed by atoms with van der Waals surface area (Å²) in [5, 5.41) is 2.62. The van der Waals surface area contributed by atoms with Crippen LogP contribution in [0.25, 0.3) is 0 Å². The fourth-order valence-electron chi connectivity index (χ4n) is 1.72. The van der Waals surface area contributed by atoms with Gasteiger partial charge in [-0.25, -0.2) is 4.98 Å². The molecule has 1 aromatic heterocycles. The van der Waals surface area contributed by atoms with Gasteiger partial charge in [-0.1, -0.05) is 18.2 Å². The molecule has 0 aliphatic carbocycles. The highest BCUT2D eigenvalue weighted by Crippen LogP contribution is 2.16. The molecule has 1 heterocycles. The molecule has 0 aliphatic heterocycles. The molecule has 0 aliphatic rings. The summed E-state index contributed by atoms with van der Waals surface area (Å²) in [5.74, 6) is -1.71. The minimum absolute atomic E-state index is 0.0150. The molecule has 0 unspecified atom stereocenters. The number of hydrogen-bond acceptors (Lipinski definition) is 3. The van der Waals surface area contributed by atoms with Gasteiger partial charge in [-0.3, -0.25) is 9.59 Å². The lowest BCUT2D eigenvalue weighted by molar-refractivity contribution is -0.117. The summed E-state index contributed by atoms with van der Waals surface area (Å²) in [6.07, 6.45) is 1.22. The van der Waals surface area contributed by atoms with E-state index < -0.39 is 17.8 Å². The molecule has 0 saturated carbocycles. The van der Waals surface area contributed by atoms with Crippen molar-refractivity contribution in [1.82, 2.24) is 4.98 Å². The highest BCUT2D eigenvalue weighted by molar-refractivity contribution is 6.04. The summed E-state index contributed by atoms with van der Waals surface area (Å²) in [4.78, 5) is 26.3. The van der Waals surface area contributed by atoms with E-state index in [0.717, 1.165) is 6.07 Å². The molecule has 0 spiro atoms. The van der Waals surface area contributed by atoms with Crippen molar-refractivity contribution in [1.29, 1.82) is 0 Å². The van der Waals surface area contributed by atoms with Crippen molar-refractivity contribution < 1.29 is 14.0 Å². The molecule has 2 amide bonds. The molecule has 20 heavy (non-hydrogen) atoms. The summed E-state index contributed by atoms with van der Waals surface area (Å²) in [7, 11) is 0. The molecule has 5 nitrogen and oxygen atoms in total. The topological polar surface area (TPSA) is 85.1 Å². The van der Waals surface area contributed by atoms with Gasteiger partial charge in [-0.05, 0) is 17.7 Å². The van der Waals surface area contributed by atoms with Gasteiger partial charge in [-0.15, -0.1) is 0 Å². The fourth-order valence-corrected chi connectivity index (χ4v) is 1.72. The predicted octanol–water partition coefficient (Wildman–Crippen LogP) is 1.50. The second kappa shape index (κ2) is 5.92. The van der Waals surface area contributed by atoms with Crippen molar-refractivity contribution in [2.45, 2.75) is 6.42 Å². The van der Waals surface area contributed by atoms with Crippen molar-refractivity contribution in [3.8, 4) is 0 Å². The third-order valence-corrected chi connectivity index (χ3v) is 2.62. The maximum atomic E-state index is 13.0. The van der Waals surface area contributed by atoms with Crippen LogP contribution in [0, 0.1) is 5.95 Å². The average molecular weight is 273 g/mol. The standard InChI is InChI=1S/C14H12FN3O2/c15-12-7-10(5-6-17-12)14(20)18-11-4-2-1-3-9(11)8-13(16)19/h1-7H,8H2,(H2,16,19)(H,18,20). The summed E-state index contributed by atoms with van der Waals surface area (Å²) in [6.45, 7) is 0. The quantitative estimate of drug-likeness (QED) is 0.828. The van der Waals surface area contributed by atoms with Crippen molar-refractivity contribution in [2.75, 3.05) is 5.32 Å². The Balaban J connectivity index is 2.21. The molecule has 0 saturated heterocycles. The minimum atomic E-state index is -0.733. The normalized spacial score (nSPS) is 10.1. The first-order valence-electron chi connectivity index (χ1n) is 5.85. The van der Waals surface area contributed by atoms with E-state index in [4.69, 9.17) is 5.73 Å². The zero-order valence-electron chi connectivity index (χ0n) is 10.5. The van der Waals surface area contributed by atoms with Gasteiger partial charge >= 0.3 is 0 Å². The van der Waals surface area contributed by atoms with E-state index >= 15 is 0 Å². The van der Waals surface area contributed by atoms with Crippen LogP contribution in [-0.4, -0.2) is 16.8 Å². The number of hydrogen-bond donors (Lipinski definition) is 2. The molecule has 0 atom stereocenters. The Kier molecular flexibility index (Phi) is 4.05. The number of nitrogens with zero attached hydrogens (tertiary/aromatic N) is 1. The largest absolute Gasteiger partial charge is 0.369 e. The van der Waals surface area contributed by atoms with Gasteiger partial charge < -0.3 is 11.1 Å². The molecule has 2 rings (SSSR count). The number of primary amides is 1. The van der Waals surface area contributed by atoms with Crippen LogP contribution in [0.15, 0.2) is 42.6 Å². The monoisotopic (exact) mass is 273 g/mol. The maximum absolute atomic E-state index is 13.0. The Hall–Kier alpha value is -2.76. The van der Waals surface area contributed by atoms with E-state index in [1.165, 1.54) is 12.3 Å². The lowest BCUT2D eigenvalue weighted by Gasteiger charge is -2.09. The van der Waals surface area contributed by atoms with Crippen LogP contribution < -0.4 is 11.1 Å². The molecule has 0 radical (unpaired) electrons. The van der Waals surface area contributed by atoms with Crippen molar-refractivity contribution in [2.24, 2.45) is 5.73 Å². The number of aromatic nitrogens is 1. The van der Waals surface area contributed by atoms with Crippen LogP contribution in [0.4, 0.5) is 10.1 Å². The maximum Gasteiger partial charge on any atom is 0.255 e. The van der Waals surface area contributed by atoms with E-state index in [1.54, 1.807) is 24.3 Å². The van der Waals surface area contributed by atoms with Crippen LogP contribution in [0.5, 0.6) is 0 Å². The van der Waals surface area contributed by atoms with E-state index in [9.17, 15) is 14.0 Å². The van der Waals surface area contributed by atoms with Crippen LogP contribution in [0.2, 0.25) is 0 Å². The molecule has 0 fully saturated rings. The highest BCUT2D eigenvalue weighted by atomic mass is 19.1. The zero-order valence-corrected chi connectivity index (χ0v) is 10.5. The molecule has 3 N–H and O–H groups in total. The molecule has 6 heteroatoms. The second-order valence-corrected chi connectivity index (χ2v) is 4.12. The van der Waals surface area contributed by atoms with Gasteiger partial charge in [0.2, 0.25) is 11.9 Å². The van der Waals surface area contributed by atoms with Gasteiger partial charge in [0.25, 0.3) is 5.91 Å². The van der Waals surface area contributed by atoms with Crippen LogP contribution in [-0.2, 0) is 11.2 Å².